The number of piperazine rings is 1. The minimum atomic E-state index is -0.325. The molecule has 5 nitrogen and oxygen atoms in total. The van der Waals surface area contributed by atoms with E-state index in [1.807, 2.05) is 6.92 Å². The molecule has 0 spiro atoms. The summed E-state index contributed by atoms with van der Waals surface area (Å²) in [6.07, 6.45) is 3.06. The van der Waals surface area contributed by atoms with Crippen LogP contribution >= 0.6 is 0 Å². The van der Waals surface area contributed by atoms with Gasteiger partial charge in [-0.3, -0.25) is 4.90 Å². The Morgan fingerprint density at radius 1 is 1.17 bits per heavy atom. The molecule has 2 fully saturated rings. The zero-order valence-electron chi connectivity index (χ0n) is 15.0. The number of ether oxygens (including phenoxy) is 2. The number of hydrogen-bond acceptors (Lipinski definition) is 4. The Balaban J connectivity index is 1.79. The monoisotopic (exact) mass is 322 g/mol. The normalized spacial score (nSPS) is 27.9. The van der Waals surface area contributed by atoms with E-state index in [1.54, 1.807) is 4.90 Å². The molecule has 0 aromatic heterocycles. The first-order chi connectivity index (χ1) is 10.8. The van der Waals surface area contributed by atoms with Gasteiger partial charge in [0, 0.05) is 26.2 Å². The molecule has 0 saturated carbocycles. The van der Waals surface area contributed by atoms with Gasteiger partial charge >= 0.3 is 6.09 Å². The van der Waals surface area contributed by atoms with E-state index in [9.17, 15) is 4.79 Å². The van der Waals surface area contributed by atoms with Crippen LogP contribution in [0.4, 0.5) is 4.79 Å². The molecule has 1 amide bonds. The number of rotatable bonds is 2. The van der Waals surface area contributed by atoms with Crippen LogP contribution in [-0.2, 0) is 9.47 Å². The summed E-state index contributed by atoms with van der Waals surface area (Å²) < 4.78 is 11.2. The molecule has 2 heterocycles. The highest BCUT2D eigenvalue weighted by Gasteiger charge is 2.35. The maximum Gasteiger partial charge on any atom is 0.409 e. The molecule has 1 atom stereocenters. The summed E-state index contributed by atoms with van der Waals surface area (Å²) >= 11 is 0. The topological polar surface area (TPSA) is 42.0 Å². The average molecular weight is 322 g/mol. The predicted molar refractivity (Wildman–Crippen MR) is 90.2 cm³/mol. The van der Waals surface area contributed by atoms with Gasteiger partial charge < -0.3 is 14.4 Å². The van der Waals surface area contributed by atoms with Crippen molar-refractivity contribution in [2.24, 2.45) is 0 Å². The van der Waals surface area contributed by atoms with Crippen molar-refractivity contribution >= 4 is 6.09 Å². The van der Waals surface area contributed by atoms with E-state index in [-0.39, 0.29) is 17.3 Å². The third-order valence-electron chi connectivity index (χ3n) is 4.49. The number of amides is 1. The lowest BCUT2D eigenvalue weighted by Crippen LogP contribution is -2.49. The number of carbonyl (C=O) groups is 1. The zero-order chi connectivity index (χ0) is 16.9. The Bertz CT molecular complexity index is 472. The number of carbonyl (C=O) groups excluding carboxylic acids is 1. The van der Waals surface area contributed by atoms with Crippen molar-refractivity contribution in [1.82, 2.24) is 9.80 Å². The van der Waals surface area contributed by atoms with Gasteiger partial charge in [0.1, 0.15) is 5.60 Å². The van der Waals surface area contributed by atoms with Crippen molar-refractivity contribution in [3.8, 4) is 11.8 Å². The van der Waals surface area contributed by atoms with E-state index in [1.165, 1.54) is 0 Å². The van der Waals surface area contributed by atoms with Gasteiger partial charge in [-0.05, 0) is 47.0 Å². The highest BCUT2D eigenvalue weighted by Crippen LogP contribution is 2.34. The van der Waals surface area contributed by atoms with E-state index < -0.39 is 0 Å². The summed E-state index contributed by atoms with van der Waals surface area (Å²) in [7, 11) is 0. The van der Waals surface area contributed by atoms with Crippen LogP contribution in [0.3, 0.4) is 0 Å². The first kappa shape index (κ1) is 18.1. The molecule has 23 heavy (non-hydrogen) atoms. The van der Waals surface area contributed by atoms with Crippen molar-refractivity contribution in [1.29, 1.82) is 0 Å². The van der Waals surface area contributed by atoms with Crippen LogP contribution in [0.15, 0.2) is 0 Å². The van der Waals surface area contributed by atoms with Crippen LogP contribution in [0.1, 0.15) is 47.0 Å². The number of nitrogens with zero attached hydrogens (tertiary/aromatic N) is 2. The van der Waals surface area contributed by atoms with Gasteiger partial charge in [0.2, 0.25) is 0 Å². The van der Waals surface area contributed by atoms with E-state index in [2.05, 4.69) is 37.5 Å². The summed E-state index contributed by atoms with van der Waals surface area (Å²) in [5.74, 6) is 6.62. The van der Waals surface area contributed by atoms with E-state index in [4.69, 9.17) is 9.47 Å². The molecule has 0 aliphatic carbocycles. The molecule has 0 unspecified atom stereocenters. The molecule has 0 aromatic carbocycles. The van der Waals surface area contributed by atoms with Crippen LogP contribution < -0.4 is 0 Å². The predicted octanol–water partition coefficient (Wildman–Crippen LogP) is 2.50. The minimum absolute atomic E-state index is 0.0764. The van der Waals surface area contributed by atoms with Crippen molar-refractivity contribution < 1.29 is 14.3 Å². The van der Waals surface area contributed by atoms with Gasteiger partial charge in [-0.25, -0.2) is 4.79 Å². The Labute approximate surface area is 140 Å². The lowest BCUT2D eigenvalue weighted by molar-refractivity contribution is -0.135. The second-order valence-corrected chi connectivity index (χ2v) is 7.21. The average Bonchev–Trinajstić information content (AvgIpc) is 2.46. The lowest BCUT2D eigenvalue weighted by Gasteiger charge is -2.40. The van der Waals surface area contributed by atoms with Crippen molar-refractivity contribution in [2.45, 2.75) is 58.2 Å². The Hall–Kier alpha value is -1.25. The molecule has 2 aliphatic heterocycles. The smallest absolute Gasteiger partial charge is 0.409 e. The number of hydrogen-bond donors (Lipinski definition) is 0. The molecule has 5 heteroatoms. The summed E-state index contributed by atoms with van der Waals surface area (Å²) in [4.78, 5) is 15.7. The molecule has 0 N–H and O–H groups in total. The zero-order valence-corrected chi connectivity index (χ0v) is 15.0. The molecule has 2 rings (SSSR count). The summed E-state index contributed by atoms with van der Waals surface area (Å²) in [6.45, 7) is 12.5. The highest BCUT2D eigenvalue weighted by atomic mass is 16.6. The maximum atomic E-state index is 11.7. The van der Waals surface area contributed by atoms with Gasteiger partial charge in [0.05, 0.1) is 18.8 Å². The molecule has 2 saturated heterocycles. The molecule has 130 valence electrons. The second kappa shape index (κ2) is 7.55. The highest BCUT2D eigenvalue weighted by molar-refractivity contribution is 5.67. The first-order valence-corrected chi connectivity index (χ1v) is 8.68. The minimum Gasteiger partial charge on any atom is -0.450 e. The fourth-order valence-corrected chi connectivity index (χ4v) is 3.29. The standard InChI is InChI=1S/C18H30N2O3/c1-5-22-16(21)20-14-12-19(13-15-20)11-7-10-18(4)9-6-8-17(2,3)23-18/h5-6,8-9,11-15H2,1-4H3/t18-/m1/s1. The van der Waals surface area contributed by atoms with Crippen molar-refractivity contribution in [2.75, 3.05) is 39.3 Å². The first-order valence-electron chi connectivity index (χ1n) is 8.68. The maximum absolute atomic E-state index is 11.7. The molecule has 0 bridgehead atoms. The quantitative estimate of drug-likeness (QED) is 0.733. The molecular weight excluding hydrogens is 292 g/mol. The van der Waals surface area contributed by atoms with E-state index in [0.717, 1.165) is 38.9 Å². The van der Waals surface area contributed by atoms with Crippen LogP contribution in [-0.4, -0.2) is 66.4 Å². The van der Waals surface area contributed by atoms with Crippen LogP contribution in [0.25, 0.3) is 0 Å². The summed E-state index contributed by atoms with van der Waals surface area (Å²) in [5.41, 5.74) is -0.401. The SMILES string of the molecule is CCOC(=O)N1CCN(CC#C[C@@]2(C)CCCC(C)(C)O2)CC1. The van der Waals surface area contributed by atoms with Crippen LogP contribution in [0.5, 0.6) is 0 Å². The molecule has 0 radical (unpaired) electrons. The fourth-order valence-electron chi connectivity index (χ4n) is 3.29. The lowest BCUT2D eigenvalue weighted by atomic mass is 9.88. The Morgan fingerprint density at radius 3 is 2.48 bits per heavy atom. The van der Waals surface area contributed by atoms with Gasteiger partial charge in [-0.2, -0.15) is 0 Å². The summed E-state index contributed by atoms with van der Waals surface area (Å²) in [6, 6.07) is 0. The van der Waals surface area contributed by atoms with E-state index >= 15 is 0 Å². The molecular formula is C18H30N2O3. The Morgan fingerprint density at radius 2 is 1.87 bits per heavy atom. The van der Waals surface area contributed by atoms with Gasteiger partial charge in [-0.15, -0.1) is 0 Å². The Kier molecular flexibility index (Phi) is 5.94. The molecule has 0 aromatic rings. The van der Waals surface area contributed by atoms with Crippen LogP contribution in [0, 0.1) is 11.8 Å². The fraction of sp³-hybridized carbons (Fsp3) is 0.833. The third-order valence-corrected chi connectivity index (χ3v) is 4.49. The van der Waals surface area contributed by atoms with Gasteiger partial charge in [0.25, 0.3) is 0 Å². The van der Waals surface area contributed by atoms with Crippen molar-refractivity contribution in [3.63, 3.8) is 0 Å². The van der Waals surface area contributed by atoms with Gasteiger partial charge in [-0.1, -0.05) is 11.8 Å². The van der Waals surface area contributed by atoms with Crippen molar-refractivity contribution in [3.05, 3.63) is 0 Å². The van der Waals surface area contributed by atoms with E-state index in [0.29, 0.717) is 19.7 Å². The second-order valence-electron chi connectivity index (χ2n) is 7.21. The van der Waals surface area contributed by atoms with Gasteiger partial charge in [0.15, 0.2) is 0 Å². The van der Waals surface area contributed by atoms with Crippen LogP contribution in [0.2, 0.25) is 0 Å². The summed E-state index contributed by atoms with van der Waals surface area (Å²) in [5, 5.41) is 0. The third kappa shape index (κ3) is 5.40. The largest absolute Gasteiger partial charge is 0.450 e. The molecule has 2 aliphatic rings.